The number of rotatable bonds is 5. The molecule has 4 nitrogen and oxygen atoms in total. The van der Waals surface area contributed by atoms with Gasteiger partial charge in [-0.1, -0.05) is 60.7 Å². The van der Waals surface area contributed by atoms with Gasteiger partial charge in [-0.3, -0.25) is 9.52 Å². The SMILES string of the molecule is CC(=O)c1cccc(S(=O)(=O)Nc2ccccc2-c2ccccc2)c1. The second-order valence-corrected chi connectivity index (χ2v) is 7.28. The lowest BCUT2D eigenvalue weighted by atomic mass is 10.0. The third-order valence-corrected chi connectivity index (χ3v) is 5.17. The second kappa shape index (κ2) is 6.91. The van der Waals surface area contributed by atoms with Crippen LogP contribution in [0.1, 0.15) is 17.3 Å². The van der Waals surface area contributed by atoms with Gasteiger partial charge in [-0.05, 0) is 30.7 Å². The Morgan fingerprint density at radius 3 is 2.24 bits per heavy atom. The van der Waals surface area contributed by atoms with Gasteiger partial charge in [0.25, 0.3) is 10.0 Å². The Kier molecular flexibility index (Phi) is 4.67. The highest BCUT2D eigenvalue weighted by Gasteiger charge is 2.17. The molecule has 0 saturated carbocycles. The Morgan fingerprint density at radius 1 is 0.840 bits per heavy atom. The molecule has 3 rings (SSSR count). The van der Waals surface area contributed by atoms with Gasteiger partial charge in [0.1, 0.15) is 0 Å². The van der Waals surface area contributed by atoms with E-state index in [2.05, 4.69) is 4.72 Å². The molecule has 3 aromatic carbocycles. The van der Waals surface area contributed by atoms with Crippen molar-refractivity contribution in [3.05, 3.63) is 84.4 Å². The lowest BCUT2D eigenvalue weighted by Gasteiger charge is -2.13. The molecule has 3 aromatic rings. The normalized spacial score (nSPS) is 11.1. The van der Waals surface area contributed by atoms with Crippen molar-refractivity contribution in [2.75, 3.05) is 4.72 Å². The van der Waals surface area contributed by atoms with Crippen LogP contribution in [0.2, 0.25) is 0 Å². The minimum atomic E-state index is -3.80. The van der Waals surface area contributed by atoms with Crippen molar-refractivity contribution < 1.29 is 13.2 Å². The lowest BCUT2D eigenvalue weighted by molar-refractivity contribution is 0.101. The van der Waals surface area contributed by atoms with Gasteiger partial charge in [0.2, 0.25) is 0 Å². The fourth-order valence-corrected chi connectivity index (χ4v) is 3.65. The van der Waals surface area contributed by atoms with Gasteiger partial charge in [0, 0.05) is 11.1 Å². The first-order valence-electron chi connectivity index (χ1n) is 7.76. The zero-order chi connectivity index (χ0) is 17.9. The van der Waals surface area contributed by atoms with Crippen LogP contribution in [0.3, 0.4) is 0 Å². The van der Waals surface area contributed by atoms with Gasteiger partial charge in [0.15, 0.2) is 5.78 Å². The summed E-state index contributed by atoms with van der Waals surface area (Å²) in [6.07, 6.45) is 0. The molecule has 1 N–H and O–H groups in total. The van der Waals surface area contributed by atoms with Gasteiger partial charge >= 0.3 is 0 Å². The molecular weight excluding hydrogens is 334 g/mol. The largest absolute Gasteiger partial charge is 0.295 e. The van der Waals surface area contributed by atoms with Crippen LogP contribution in [0.4, 0.5) is 5.69 Å². The number of benzene rings is 3. The average molecular weight is 351 g/mol. The zero-order valence-corrected chi connectivity index (χ0v) is 14.5. The van der Waals surface area contributed by atoms with Crippen molar-refractivity contribution in [3.8, 4) is 11.1 Å². The molecule has 0 aliphatic heterocycles. The Bertz CT molecular complexity index is 1010. The van der Waals surface area contributed by atoms with Crippen LogP contribution in [-0.2, 0) is 10.0 Å². The molecule has 25 heavy (non-hydrogen) atoms. The number of carbonyl (C=O) groups excluding carboxylic acids is 1. The predicted octanol–water partition coefficient (Wildman–Crippen LogP) is 4.36. The van der Waals surface area contributed by atoms with Crippen LogP contribution in [0.5, 0.6) is 0 Å². The number of hydrogen-bond acceptors (Lipinski definition) is 3. The molecule has 126 valence electrons. The van der Waals surface area contributed by atoms with Gasteiger partial charge in [-0.2, -0.15) is 0 Å². The van der Waals surface area contributed by atoms with Gasteiger partial charge in [-0.25, -0.2) is 8.42 Å². The molecular formula is C20H17NO3S. The minimum absolute atomic E-state index is 0.0584. The minimum Gasteiger partial charge on any atom is -0.295 e. The van der Waals surface area contributed by atoms with E-state index in [4.69, 9.17) is 0 Å². The number of ketones is 1. The van der Waals surface area contributed by atoms with E-state index in [-0.39, 0.29) is 10.7 Å². The average Bonchev–Trinajstić information content (AvgIpc) is 2.63. The van der Waals surface area contributed by atoms with Crippen LogP contribution in [-0.4, -0.2) is 14.2 Å². The zero-order valence-electron chi connectivity index (χ0n) is 13.6. The number of para-hydroxylation sites is 1. The summed E-state index contributed by atoms with van der Waals surface area (Å²) >= 11 is 0. The monoisotopic (exact) mass is 351 g/mol. The Hall–Kier alpha value is -2.92. The number of carbonyl (C=O) groups is 1. The molecule has 0 aliphatic rings. The highest BCUT2D eigenvalue weighted by Crippen LogP contribution is 2.29. The Balaban J connectivity index is 2.00. The quantitative estimate of drug-likeness (QED) is 0.695. The van der Waals surface area contributed by atoms with Gasteiger partial charge < -0.3 is 0 Å². The summed E-state index contributed by atoms with van der Waals surface area (Å²) < 4.78 is 28.1. The van der Waals surface area contributed by atoms with Crippen molar-refractivity contribution in [3.63, 3.8) is 0 Å². The van der Waals surface area contributed by atoms with Crippen LogP contribution < -0.4 is 4.72 Å². The van der Waals surface area contributed by atoms with E-state index in [0.29, 0.717) is 11.3 Å². The third-order valence-electron chi connectivity index (χ3n) is 3.81. The van der Waals surface area contributed by atoms with Gasteiger partial charge in [0.05, 0.1) is 10.6 Å². The van der Waals surface area contributed by atoms with E-state index >= 15 is 0 Å². The number of hydrogen-bond donors (Lipinski definition) is 1. The summed E-state index contributed by atoms with van der Waals surface area (Å²) in [6, 6.07) is 22.8. The molecule has 0 heterocycles. The van der Waals surface area contributed by atoms with Crippen molar-refractivity contribution in [1.82, 2.24) is 0 Å². The molecule has 0 saturated heterocycles. The van der Waals surface area contributed by atoms with E-state index in [1.807, 2.05) is 42.5 Å². The summed E-state index contributed by atoms with van der Waals surface area (Å²) in [5.41, 5.74) is 2.55. The number of nitrogens with one attached hydrogen (secondary N) is 1. The maximum absolute atomic E-state index is 12.7. The third kappa shape index (κ3) is 3.78. The van der Waals surface area contributed by atoms with E-state index < -0.39 is 10.0 Å². The Morgan fingerprint density at radius 2 is 1.52 bits per heavy atom. The van der Waals surface area contributed by atoms with Crippen molar-refractivity contribution in [2.24, 2.45) is 0 Å². The second-order valence-electron chi connectivity index (χ2n) is 5.60. The maximum atomic E-state index is 12.7. The fraction of sp³-hybridized carbons (Fsp3) is 0.0500. The molecule has 0 unspecified atom stereocenters. The molecule has 0 radical (unpaired) electrons. The summed E-state index contributed by atoms with van der Waals surface area (Å²) in [6.45, 7) is 1.41. The van der Waals surface area contributed by atoms with Crippen molar-refractivity contribution >= 4 is 21.5 Å². The standard InChI is InChI=1S/C20H17NO3S/c1-15(22)17-10-7-11-18(14-17)25(23,24)21-20-13-6-5-12-19(20)16-8-3-2-4-9-16/h2-14,21H,1H3. The molecule has 0 atom stereocenters. The first kappa shape index (κ1) is 16.9. The molecule has 5 heteroatoms. The van der Waals surface area contributed by atoms with Crippen LogP contribution >= 0.6 is 0 Å². The van der Waals surface area contributed by atoms with E-state index in [1.54, 1.807) is 24.3 Å². The summed E-state index contributed by atoms with van der Waals surface area (Å²) in [7, 11) is -3.80. The Labute approximate surface area is 147 Å². The topological polar surface area (TPSA) is 63.2 Å². The first-order chi connectivity index (χ1) is 12.0. The van der Waals surface area contributed by atoms with E-state index in [1.165, 1.54) is 19.1 Å². The van der Waals surface area contributed by atoms with Crippen LogP contribution in [0, 0.1) is 0 Å². The molecule has 0 aromatic heterocycles. The smallest absolute Gasteiger partial charge is 0.261 e. The molecule has 0 spiro atoms. The van der Waals surface area contributed by atoms with Crippen LogP contribution in [0.15, 0.2) is 83.8 Å². The molecule has 0 fully saturated rings. The van der Waals surface area contributed by atoms with Crippen LogP contribution in [0.25, 0.3) is 11.1 Å². The number of sulfonamides is 1. The van der Waals surface area contributed by atoms with Crippen molar-refractivity contribution in [2.45, 2.75) is 11.8 Å². The molecule has 0 bridgehead atoms. The molecule has 0 amide bonds. The number of Topliss-reactive ketones (excluding diaryl/α,β-unsaturated/α-hetero) is 1. The summed E-state index contributed by atoms with van der Waals surface area (Å²) in [5.74, 6) is -0.179. The van der Waals surface area contributed by atoms with Crippen molar-refractivity contribution in [1.29, 1.82) is 0 Å². The number of anilines is 1. The summed E-state index contributed by atoms with van der Waals surface area (Å²) in [4.78, 5) is 11.6. The molecule has 0 aliphatic carbocycles. The van der Waals surface area contributed by atoms with E-state index in [9.17, 15) is 13.2 Å². The highest BCUT2D eigenvalue weighted by molar-refractivity contribution is 7.92. The fourth-order valence-electron chi connectivity index (χ4n) is 2.53. The summed E-state index contributed by atoms with van der Waals surface area (Å²) in [5, 5.41) is 0. The lowest BCUT2D eigenvalue weighted by Crippen LogP contribution is -2.14. The van der Waals surface area contributed by atoms with Gasteiger partial charge in [-0.15, -0.1) is 0 Å². The predicted molar refractivity (Wildman–Crippen MR) is 99.1 cm³/mol. The maximum Gasteiger partial charge on any atom is 0.261 e. The van der Waals surface area contributed by atoms with E-state index in [0.717, 1.165) is 11.1 Å². The highest BCUT2D eigenvalue weighted by atomic mass is 32.2. The first-order valence-corrected chi connectivity index (χ1v) is 9.24.